The predicted molar refractivity (Wildman–Crippen MR) is 87.6 cm³/mol. The number of benzene rings is 1. The molecule has 1 aromatic rings. The number of methoxy groups -OCH3 is 1. The van der Waals surface area contributed by atoms with Crippen LogP contribution in [0.25, 0.3) is 0 Å². The minimum Gasteiger partial charge on any atom is -0.546 e. The molecule has 9 nitrogen and oxygen atoms in total. The number of halogens is 2. The third kappa shape index (κ3) is 7.38. The van der Waals surface area contributed by atoms with E-state index in [1.807, 2.05) is 5.43 Å². The van der Waals surface area contributed by atoms with Crippen LogP contribution in [0, 0.1) is 0 Å². The summed E-state index contributed by atoms with van der Waals surface area (Å²) in [7, 11) is 1.46. The number of amides is 2. The maximum Gasteiger partial charge on any atom is 0.329 e. The summed E-state index contributed by atoms with van der Waals surface area (Å²) in [5.41, 5.74) is 2.41. The van der Waals surface area contributed by atoms with Crippen molar-refractivity contribution in [2.75, 3.05) is 26.9 Å². The molecule has 0 radical (unpaired) electrons. The van der Waals surface area contributed by atoms with Gasteiger partial charge in [0.2, 0.25) is 0 Å². The molecule has 25 heavy (non-hydrogen) atoms. The van der Waals surface area contributed by atoms with Crippen LogP contribution in [-0.2, 0) is 19.1 Å². The number of carboxylic acid groups (broad SMARTS) is 1. The van der Waals surface area contributed by atoms with E-state index in [1.165, 1.54) is 25.5 Å². The second-order valence-electron chi connectivity index (χ2n) is 4.42. The number of carboxylic acids is 1. The summed E-state index contributed by atoms with van der Waals surface area (Å²) in [6, 6.07) is 2.76. The summed E-state index contributed by atoms with van der Waals surface area (Å²) in [6.45, 7) is -0.252. The van der Waals surface area contributed by atoms with E-state index in [-0.39, 0.29) is 28.9 Å². The van der Waals surface area contributed by atoms with E-state index >= 15 is 0 Å². The highest BCUT2D eigenvalue weighted by Gasteiger charge is 2.12. The number of carbonyl (C=O) groups is 3. The Labute approximate surface area is 152 Å². The van der Waals surface area contributed by atoms with Gasteiger partial charge in [0.25, 0.3) is 0 Å². The molecule has 0 atom stereocenters. The van der Waals surface area contributed by atoms with Gasteiger partial charge in [-0.25, -0.2) is 5.43 Å². The first-order valence-electron chi connectivity index (χ1n) is 6.77. The Hall–Kier alpha value is -2.36. The molecule has 0 aromatic heterocycles. The van der Waals surface area contributed by atoms with Gasteiger partial charge in [-0.3, -0.25) is 9.59 Å². The zero-order chi connectivity index (χ0) is 18.8. The lowest BCUT2D eigenvalue weighted by Crippen LogP contribution is -2.39. The zero-order valence-electron chi connectivity index (χ0n) is 13.0. The van der Waals surface area contributed by atoms with Gasteiger partial charge < -0.3 is 24.7 Å². The smallest absolute Gasteiger partial charge is 0.329 e. The fraction of sp³-hybridized carbons (Fsp3) is 0.286. The van der Waals surface area contributed by atoms with Crippen LogP contribution in [0.15, 0.2) is 17.2 Å². The van der Waals surface area contributed by atoms with E-state index in [9.17, 15) is 19.5 Å². The van der Waals surface area contributed by atoms with Gasteiger partial charge in [0.15, 0.2) is 5.75 Å². The molecule has 0 saturated carbocycles. The Morgan fingerprint density at radius 2 is 1.88 bits per heavy atom. The second kappa shape index (κ2) is 10.5. The molecular weight excluding hydrogens is 377 g/mol. The van der Waals surface area contributed by atoms with Crippen molar-refractivity contribution in [3.05, 3.63) is 27.7 Å². The third-order valence-electron chi connectivity index (χ3n) is 2.53. The monoisotopic (exact) mass is 390 g/mol. The molecule has 0 fully saturated rings. The van der Waals surface area contributed by atoms with Crippen LogP contribution < -0.4 is 20.6 Å². The van der Waals surface area contributed by atoms with Crippen LogP contribution in [-0.4, -0.2) is 50.9 Å². The fourth-order valence-electron chi connectivity index (χ4n) is 1.49. The highest BCUT2D eigenvalue weighted by molar-refractivity contribution is 6.37. The molecule has 0 aliphatic carbocycles. The molecule has 0 saturated heterocycles. The van der Waals surface area contributed by atoms with Crippen LogP contribution in [0.1, 0.15) is 5.56 Å². The number of ether oxygens (including phenoxy) is 2. The second-order valence-corrected chi connectivity index (χ2v) is 5.24. The highest BCUT2D eigenvalue weighted by atomic mass is 35.5. The Bertz CT molecular complexity index is 658. The summed E-state index contributed by atoms with van der Waals surface area (Å²) < 4.78 is 9.63. The zero-order valence-corrected chi connectivity index (χ0v) is 14.5. The number of hydrogen-bond donors (Lipinski definition) is 2. The van der Waals surface area contributed by atoms with E-state index in [1.54, 1.807) is 0 Å². The number of carbonyl (C=O) groups excluding carboxylic acids is 3. The van der Waals surface area contributed by atoms with Gasteiger partial charge in [-0.05, 0) is 17.7 Å². The predicted octanol–water partition coefficient (Wildman–Crippen LogP) is -0.665. The van der Waals surface area contributed by atoms with E-state index in [0.717, 1.165) is 0 Å². The first kappa shape index (κ1) is 20.7. The SMILES string of the molecule is COCCNC(=O)C(=O)N/N=C\c1cc(Cl)c(OCC(=O)[O-])c(Cl)c1. The minimum absolute atomic E-state index is 0.0220. The lowest BCUT2D eigenvalue weighted by molar-refractivity contribution is -0.307. The quantitative estimate of drug-likeness (QED) is 0.262. The maximum absolute atomic E-state index is 11.5. The number of rotatable bonds is 8. The molecule has 1 rings (SSSR count). The summed E-state index contributed by atoms with van der Waals surface area (Å²) >= 11 is 11.9. The number of nitrogens with one attached hydrogen (secondary N) is 2. The summed E-state index contributed by atoms with van der Waals surface area (Å²) in [5.74, 6) is -3.27. The summed E-state index contributed by atoms with van der Waals surface area (Å²) in [6.07, 6.45) is 1.20. The Morgan fingerprint density at radius 1 is 1.24 bits per heavy atom. The van der Waals surface area contributed by atoms with Crippen molar-refractivity contribution >= 4 is 47.2 Å². The first-order chi connectivity index (χ1) is 11.8. The van der Waals surface area contributed by atoms with Gasteiger partial charge in [0, 0.05) is 13.7 Å². The average Bonchev–Trinajstić information content (AvgIpc) is 2.53. The number of hydrogen-bond acceptors (Lipinski definition) is 7. The lowest BCUT2D eigenvalue weighted by atomic mass is 10.2. The number of hydrazone groups is 1. The van der Waals surface area contributed by atoms with Crippen LogP contribution in [0.5, 0.6) is 5.75 Å². The van der Waals surface area contributed by atoms with Gasteiger partial charge in [0.1, 0.15) is 6.61 Å². The van der Waals surface area contributed by atoms with Gasteiger partial charge in [-0.2, -0.15) is 5.10 Å². The molecule has 0 aliphatic rings. The van der Waals surface area contributed by atoms with Crippen molar-refractivity contribution in [1.29, 1.82) is 0 Å². The Kier molecular flexibility index (Phi) is 8.68. The number of nitrogens with zero attached hydrogens (tertiary/aromatic N) is 1. The van der Waals surface area contributed by atoms with Gasteiger partial charge >= 0.3 is 11.8 Å². The lowest BCUT2D eigenvalue weighted by Gasteiger charge is -2.11. The van der Waals surface area contributed by atoms with E-state index in [4.69, 9.17) is 32.7 Å². The van der Waals surface area contributed by atoms with Gasteiger partial charge in [-0.1, -0.05) is 23.2 Å². The van der Waals surface area contributed by atoms with Crippen molar-refractivity contribution in [2.45, 2.75) is 0 Å². The third-order valence-corrected chi connectivity index (χ3v) is 3.09. The van der Waals surface area contributed by atoms with Crippen molar-refractivity contribution < 1.29 is 29.0 Å². The van der Waals surface area contributed by atoms with Gasteiger partial charge in [0.05, 0.1) is 28.8 Å². The molecule has 0 spiro atoms. The van der Waals surface area contributed by atoms with Crippen molar-refractivity contribution in [1.82, 2.24) is 10.7 Å². The van der Waals surface area contributed by atoms with Crippen LogP contribution in [0.4, 0.5) is 0 Å². The average molecular weight is 391 g/mol. The van der Waals surface area contributed by atoms with E-state index < -0.39 is 24.4 Å². The fourth-order valence-corrected chi connectivity index (χ4v) is 2.10. The molecule has 1 aromatic carbocycles. The largest absolute Gasteiger partial charge is 0.546 e. The van der Waals surface area contributed by atoms with E-state index in [2.05, 4.69) is 10.4 Å². The molecular formula is C14H14Cl2N3O6-. The van der Waals surface area contributed by atoms with Crippen molar-refractivity contribution in [3.63, 3.8) is 0 Å². The molecule has 136 valence electrons. The standard InChI is InChI=1S/C14H15Cl2N3O6/c1-24-3-2-17-13(22)14(23)19-18-6-8-4-9(15)12(10(16)5-8)25-7-11(20)21/h4-6H,2-3,7H2,1H3,(H,17,22)(H,19,23)(H,20,21)/p-1/b18-6-. The molecule has 2 amide bonds. The number of aliphatic carboxylic acids is 1. The van der Waals surface area contributed by atoms with Crippen molar-refractivity contribution in [2.24, 2.45) is 5.10 Å². The topological polar surface area (TPSA) is 129 Å². The Balaban J connectivity index is 2.64. The molecule has 11 heteroatoms. The van der Waals surface area contributed by atoms with E-state index in [0.29, 0.717) is 5.56 Å². The summed E-state index contributed by atoms with van der Waals surface area (Å²) in [5, 5.41) is 16.4. The molecule has 0 heterocycles. The first-order valence-corrected chi connectivity index (χ1v) is 7.52. The molecule has 2 N–H and O–H groups in total. The molecule has 0 aliphatic heterocycles. The molecule has 0 unspecified atom stereocenters. The van der Waals surface area contributed by atoms with Crippen LogP contribution in [0.2, 0.25) is 10.0 Å². The van der Waals surface area contributed by atoms with Crippen molar-refractivity contribution in [3.8, 4) is 5.75 Å². The normalized spacial score (nSPS) is 10.5. The van der Waals surface area contributed by atoms with Crippen LogP contribution in [0.3, 0.4) is 0 Å². The summed E-state index contributed by atoms with van der Waals surface area (Å²) in [4.78, 5) is 33.2. The molecule has 0 bridgehead atoms. The highest BCUT2D eigenvalue weighted by Crippen LogP contribution is 2.33. The minimum atomic E-state index is -1.43. The van der Waals surface area contributed by atoms with Crippen LogP contribution >= 0.6 is 23.2 Å². The van der Waals surface area contributed by atoms with Gasteiger partial charge in [-0.15, -0.1) is 0 Å². The Morgan fingerprint density at radius 3 is 2.44 bits per heavy atom. The maximum atomic E-state index is 11.5.